The van der Waals surface area contributed by atoms with Crippen molar-refractivity contribution in [2.45, 2.75) is 37.8 Å². The fourth-order valence-electron chi connectivity index (χ4n) is 2.91. The van der Waals surface area contributed by atoms with Gasteiger partial charge in [0.1, 0.15) is 6.10 Å². The molecule has 0 spiro atoms. The summed E-state index contributed by atoms with van der Waals surface area (Å²) >= 11 is 5.85. The Kier molecular flexibility index (Phi) is 6.07. The molecule has 0 unspecified atom stereocenters. The summed E-state index contributed by atoms with van der Waals surface area (Å²) < 4.78 is 5.87. The Morgan fingerprint density at radius 3 is 2.56 bits per heavy atom. The van der Waals surface area contributed by atoms with E-state index in [4.69, 9.17) is 16.3 Å². The van der Waals surface area contributed by atoms with Gasteiger partial charge in [0.15, 0.2) is 0 Å². The molecule has 0 aliphatic heterocycles. The summed E-state index contributed by atoms with van der Waals surface area (Å²) in [6, 6.07) is 13.2. The molecule has 4 nitrogen and oxygen atoms in total. The minimum atomic E-state index is -0.0657. The van der Waals surface area contributed by atoms with Gasteiger partial charge in [-0.25, -0.2) is 4.98 Å². The Labute approximate surface area is 152 Å². The smallest absolute Gasteiger partial charge is 0.244 e. The lowest BCUT2D eigenvalue weighted by Crippen LogP contribution is -2.39. The van der Waals surface area contributed by atoms with Crippen LogP contribution in [-0.2, 0) is 4.79 Å². The molecule has 3 rings (SSSR count). The second kappa shape index (κ2) is 8.67. The van der Waals surface area contributed by atoms with Gasteiger partial charge in [-0.1, -0.05) is 29.8 Å². The maximum Gasteiger partial charge on any atom is 0.244 e. The van der Waals surface area contributed by atoms with Crippen LogP contribution in [0.1, 0.15) is 31.2 Å². The number of pyridine rings is 1. The Balaban J connectivity index is 1.42. The number of nitrogens with zero attached hydrogens (tertiary/aromatic N) is 1. The zero-order chi connectivity index (χ0) is 17.5. The molecule has 130 valence electrons. The van der Waals surface area contributed by atoms with Crippen molar-refractivity contribution in [2.24, 2.45) is 0 Å². The molecule has 1 saturated carbocycles. The maximum atomic E-state index is 12.1. The molecule has 0 radical (unpaired) electrons. The highest BCUT2D eigenvalue weighted by molar-refractivity contribution is 6.30. The molecule has 1 aliphatic rings. The number of hydrogen-bond acceptors (Lipinski definition) is 3. The van der Waals surface area contributed by atoms with Gasteiger partial charge in [0.25, 0.3) is 0 Å². The van der Waals surface area contributed by atoms with Crippen LogP contribution in [0.5, 0.6) is 5.88 Å². The van der Waals surface area contributed by atoms with E-state index in [0.29, 0.717) is 10.9 Å². The number of amides is 1. The lowest BCUT2D eigenvalue weighted by Gasteiger charge is -2.28. The number of hydrogen-bond donors (Lipinski definition) is 1. The van der Waals surface area contributed by atoms with E-state index >= 15 is 0 Å². The van der Waals surface area contributed by atoms with Gasteiger partial charge in [0, 0.05) is 29.4 Å². The highest BCUT2D eigenvalue weighted by atomic mass is 35.5. The number of rotatable bonds is 5. The average molecular weight is 357 g/mol. The zero-order valence-electron chi connectivity index (χ0n) is 13.9. The van der Waals surface area contributed by atoms with Crippen LogP contribution in [0.2, 0.25) is 5.02 Å². The van der Waals surface area contributed by atoms with Crippen molar-refractivity contribution in [3.8, 4) is 5.88 Å². The van der Waals surface area contributed by atoms with Gasteiger partial charge >= 0.3 is 0 Å². The van der Waals surface area contributed by atoms with Crippen molar-refractivity contribution in [3.63, 3.8) is 0 Å². The summed E-state index contributed by atoms with van der Waals surface area (Å²) in [4.78, 5) is 16.2. The van der Waals surface area contributed by atoms with Crippen LogP contribution in [0.3, 0.4) is 0 Å². The van der Waals surface area contributed by atoms with Crippen LogP contribution in [0.15, 0.2) is 54.7 Å². The third-order valence-electron chi connectivity index (χ3n) is 4.24. The number of ether oxygens (including phenoxy) is 1. The van der Waals surface area contributed by atoms with Crippen LogP contribution < -0.4 is 10.1 Å². The lowest BCUT2D eigenvalue weighted by molar-refractivity contribution is -0.117. The van der Waals surface area contributed by atoms with Gasteiger partial charge in [-0.15, -0.1) is 0 Å². The number of nitrogens with one attached hydrogen (secondary N) is 1. The predicted molar refractivity (Wildman–Crippen MR) is 99.5 cm³/mol. The highest BCUT2D eigenvalue weighted by Gasteiger charge is 2.23. The van der Waals surface area contributed by atoms with Gasteiger partial charge in [-0.3, -0.25) is 4.79 Å². The molecular weight excluding hydrogens is 336 g/mol. The SMILES string of the molecule is O=C(/C=C/c1ccc(Cl)cc1)NC1CCC(Oc2ccccn2)CC1. The summed E-state index contributed by atoms with van der Waals surface area (Å²) in [5, 5.41) is 3.75. The Hall–Kier alpha value is -2.33. The van der Waals surface area contributed by atoms with Crippen LogP contribution >= 0.6 is 11.6 Å². The quantitative estimate of drug-likeness (QED) is 0.814. The lowest BCUT2D eigenvalue weighted by atomic mass is 9.93. The molecule has 2 aromatic rings. The second-order valence-electron chi connectivity index (χ2n) is 6.15. The minimum Gasteiger partial charge on any atom is -0.474 e. The summed E-state index contributed by atoms with van der Waals surface area (Å²) in [5.74, 6) is 0.602. The predicted octanol–water partition coefficient (Wildman–Crippen LogP) is 4.25. The fraction of sp³-hybridized carbons (Fsp3) is 0.300. The largest absolute Gasteiger partial charge is 0.474 e. The van der Waals surface area contributed by atoms with E-state index in [1.807, 2.05) is 42.5 Å². The average Bonchev–Trinajstić information content (AvgIpc) is 2.64. The first-order valence-electron chi connectivity index (χ1n) is 8.51. The van der Waals surface area contributed by atoms with E-state index in [2.05, 4.69) is 10.3 Å². The monoisotopic (exact) mass is 356 g/mol. The topological polar surface area (TPSA) is 51.2 Å². The first-order chi connectivity index (χ1) is 12.2. The Morgan fingerprint density at radius 1 is 1.12 bits per heavy atom. The molecule has 5 heteroatoms. The van der Waals surface area contributed by atoms with Gasteiger partial charge in [-0.2, -0.15) is 0 Å². The van der Waals surface area contributed by atoms with Gasteiger partial charge in [0.05, 0.1) is 0 Å². The van der Waals surface area contributed by atoms with Crippen LogP contribution in [0.4, 0.5) is 0 Å². The summed E-state index contributed by atoms with van der Waals surface area (Å²) in [5.41, 5.74) is 0.951. The van der Waals surface area contributed by atoms with Gasteiger partial charge < -0.3 is 10.1 Å². The van der Waals surface area contributed by atoms with Crippen molar-refractivity contribution in [3.05, 3.63) is 65.3 Å². The summed E-state index contributed by atoms with van der Waals surface area (Å²) in [6.07, 6.45) is 8.93. The molecule has 25 heavy (non-hydrogen) atoms. The molecule has 1 amide bonds. The number of benzene rings is 1. The van der Waals surface area contributed by atoms with Crippen LogP contribution in [0, 0.1) is 0 Å². The van der Waals surface area contributed by atoms with Crippen molar-refractivity contribution < 1.29 is 9.53 Å². The Morgan fingerprint density at radius 2 is 1.88 bits per heavy atom. The van der Waals surface area contributed by atoms with Crippen molar-refractivity contribution in [1.29, 1.82) is 0 Å². The second-order valence-corrected chi connectivity index (χ2v) is 6.59. The number of carbonyl (C=O) groups is 1. The minimum absolute atomic E-state index is 0.0657. The molecule has 1 N–H and O–H groups in total. The summed E-state index contributed by atoms with van der Waals surface area (Å²) in [6.45, 7) is 0. The first kappa shape index (κ1) is 17.5. The van der Waals surface area contributed by atoms with E-state index in [9.17, 15) is 4.79 Å². The van der Waals surface area contributed by atoms with Gasteiger partial charge in [0.2, 0.25) is 11.8 Å². The van der Waals surface area contributed by atoms with Crippen LogP contribution in [-0.4, -0.2) is 23.0 Å². The first-order valence-corrected chi connectivity index (χ1v) is 8.89. The molecule has 1 aromatic heterocycles. The number of carbonyl (C=O) groups excluding carboxylic acids is 1. The van der Waals surface area contributed by atoms with Gasteiger partial charge in [-0.05, 0) is 55.5 Å². The van der Waals surface area contributed by atoms with Crippen molar-refractivity contribution in [1.82, 2.24) is 10.3 Å². The molecule has 1 fully saturated rings. The third-order valence-corrected chi connectivity index (χ3v) is 4.49. The van der Waals surface area contributed by atoms with Crippen LogP contribution in [0.25, 0.3) is 6.08 Å². The Bertz CT molecular complexity index is 708. The number of aromatic nitrogens is 1. The van der Waals surface area contributed by atoms with E-state index < -0.39 is 0 Å². The third kappa shape index (κ3) is 5.61. The molecule has 1 heterocycles. The standard InChI is InChI=1S/C20H21ClN2O2/c21-16-7-4-15(5-8-16)6-13-19(24)23-17-9-11-18(12-10-17)25-20-3-1-2-14-22-20/h1-8,13-14,17-18H,9-12H2,(H,23,24)/b13-6+. The molecule has 1 aliphatic carbocycles. The summed E-state index contributed by atoms with van der Waals surface area (Å²) in [7, 11) is 0. The normalized spacial score (nSPS) is 20.4. The molecule has 0 atom stereocenters. The van der Waals surface area contributed by atoms with E-state index in [0.717, 1.165) is 31.2 Å². The zero-order valence-corrected chi connectivity index (χ0v) is 14.7. The molecular formula is C20H21ClN2O2. The van der Waals surface area contributed by atoms with E-state index in [1.54, 1.807) is 18.3 Å². The van der Waals surface area contributed by atoms with Crippen molar-refractivity contribution >= 4 is 23.6 Å². The highest BCUT2D eigenvalue weighted by Crippen LogP contribution is 2.22. The van der Waals surface area contributed by atoms with Crippen molar-refractivity contribution in [2.75, 3.05) is 0 Å². The number of halogens is 1. The van der Waals surface area contributed by atoms with E-state index in [-0.39, 0.29) is 18.1 Å². The fourth-order valence-corrected chi connectivity index (χ4v) is 3.03. The molecule has 0 bridgehead atoms. The molecule has 0 saturated heterocycles. The molecule has 1 aromatic carbocycles. The van der Waals surface area contributed by atoms with E-state index in [1.165, 1.54) is 0 Å². The maximum absolute atomic E-state index is 12.1.